The summed E-state index contributed by atoms with van der Waals surface area (Å²) in [6.07, 6.45) is 0.890. The Kier molecular flexibility index (Phi) is 3.68. The third-order valence-corrected chi connectivity index (χ3v) is 4.09. The second-order valence-electron chi connectivity index (χ2n) is 4.97. The van der Waals surface area contributed by atoms with E-state index in [-0.39, 0.29) is 11.8 Å². The predicted molar refractivity (Wildman–Crippen MR) is 82.4 cm³/mol. The lowest BCUT2D eigenvalue weighted by atomic mass is 10.1. The van der Waals surface area contributed by atoms with Crippen LogP contribution in [0.2, 0.25) is 10.0 Å². The van der Waals surface area contributed by atoms with Crippen molar-refractivity contribution in [2.45, 2.75) is 12.3 Å². The molecule has 0 aliphatic heterocycles. The molecule has 1 saturated carbocycles. The Morgan fingerprint density at radius 2 is 1.85 bits per heavy atom. The maximum Gasteiger partial charge on any atom is 0.228 e. The van der Waals surface area contributed by atoms with E-state index < -0.39 is 0 Å². The van der Waals surface area contributed by atoms with Gasteiger partial charge in [0.2, 0.25) is 5.91 Å². The zero-order valence-corrected chi connectivity index (χ0v) is 12.2. The topological polar surface area (TPSA) is 29.1 Å². The minimum Gasteiger partial charge on any atom is -0.325 e. The van der Waals surface area contributed by atoms with Crippen molar-refractivity contribution in [2.24, 2.45) is 5.92 Å². The monoisotopic (exact) mass is 305 g/mol. The van der Waals surface area contributed by atoms with Crippen LogP contribution >= 0.6 is 23.2 Å². The van der Waals surface area contributed by atoms with E-state index in [9.17, 15) is 4.79 Å². The molecule has 0 bridgehead atoms. The van der Waals surface area contributed by atoms with Crippen molar-refractivity contribution in [1.82, 2.24) is 0 Å². The van der Waals surface area contributed by atoms with Crippen molar-refractivity contribution in [1.29, 1.82) is 0 Å². The molecule has 1 fully saturated rings. The Hall–Kier alpha value is -1.51. The summed E-state index contributed by atoms with van der Waals surface area (Å²) in [6.45, 7) is 0. The van der Waals surface area contributed by atoms with E-state index in [0.717, 1.165) is 6.42 Å². The Bertz CT molecular complexity index is 642. The highest BCUT2D eigenvalue weighted by Crippen LogP contribution is 2.48. The van der Waals surface area contributed by atoms with Gasteiger partial charge in [-0.25, -0.2) is 0 Å². The number of nitrogens with one attached hydrogen (secondary N) is 1. The summed E-state index contributed by atoms with van der Waals surface area (Å²) in [6, 6.07) is 15.2. The fourth-order valence-electron chi connectivity index (χ4n) is 2.37. The third-order valence-electron chi connectivity index (χ3n) is 3.54. The molecule has 1 aliphatic rings. The summed E-state index contributed by atoms with van der Waals surface area (Å²) < 4.78 is 0. The summed E-state index contributed by atoms with van der Waals surface area (Å²) >= 11 is 11.9. The molecule has 0 heterocycles. The molecule has 4 heteroatoms. The number of hydrogen-bond acceptors (Lipinski definition) is 1. The maximum absolute atomic E-state index is 12.2. The molecule has 0 unspecified atom stereocenters. The lowest BCUT2D eigenvalue weighted by Crippen LogP contribution is -2.14. The zero-order valence-electron chi connectivity index (χ0n) is 10.6. The van der Waals surface area contributed by atoms with Gasteiger partial charge in [0, 0.05) is 10.9 Å². The van der Waals surface area contributed by atoms with Crippen molar-refractivity contribution >= 4 is 34.8 Å². The Labute approximate surface area is 127 Å². The van der Waals surface area contributed by atoms with Crippen LogP contribution in [0.25, 0.3) is 0 Å². The number of amides is 1. The summed E-state index contributed by atoms with van der Waals surface area (Å²) in [7, 11) is 0. The van der Waals surface area contributed by atoms with Gasteiger partial charge in [-0.3, -0.25) is 4.79 Å². The maximum atomic E-state index is 12.2. The minimum absolute atomic E-state index is 0.0167. The Morgan fingerprint density at radius 1 is 1.10 bits per heavy atom. The minimum atomic E-state index is 0.0167. The van der Waals surface area contributed by atoms with E-state index in [1.807, 2.05) is 18.2 Å². The van der Waals surface area contributed by atoms with Crippen molar-refractivity contribution in [3.05, 3.63) is 64.1 Å². The number of carbonyl (C=O) groups excluding carboxylic acids is 1. The van der Waals surface area contributed by atoms with Gasteiger partial charge in [0.05, 0.1) is 10.7 Å². The largest absolute Gasteiger partial charge is 0.325 e. The number of rotatable bonds is 3. The summed E-state index contributed by atoms with van der Waals surface area (Å²) in [5.74, 6) is 0.370. The van der Waals surface area contributed by atoms with Crippen molar-refractivity contribution in [3.8, 4) is 0 Å². The fraction of sp³-hybridized carbons (Fsp3) is 0.188. The molecule has 3 rings (SSSR count). The van der Waals surface area contributed by atoms with E-state index in [1.54, 1.807) is 18.2 Å². The Balaban J connectivity index is 1.67. The van der Waals surface area contributed by atoms with Gasteiger partial charge >= 0.3 is 0 Å². The Morgan fingerprint density at radius 3 is 2.55 bits per heavy atom. The normalized spacial score (nSPS) is 20.5. The van der Waals surface area contributed by atoms with Gasteiger partial charge in [-0.2, -0.15) is 0 Å². The molecular weight excluding hydrogens is 293 g/mol. The van der Waals surface area contributed by atoms with Crippen LogP contribution in [0.3, 0.4) is 0 Å². The highest BCUT2D eigenvalue weighted by molar-refractivity contribution is 6.36. The van der Waals surface area contributed by atoms with Crippen molar-refractivity contribution in [2.75, 3.05) is 5.32 Å². The zero-order chi connectivity index (χ0) is 14.1. The summed E-state index contributed by atoms with van der Waals surface area (Å²) in [5.41, 5.74) is 1.83. The van der Waals surface area contributed by atoms with Crippen molar-refractivity contribution in [3.63, 3.8) is 0 Å². The van der Waals surface area contributed by atoms with Crippen LogP contribution in [0, 0.1) is 5.92 Å². The van der Waals surface area contributed by atoms with Gasteiger partial charge in [0.15, 0.2) is 0 Å². The molecule has 2 aromatic rings. The number of benzene rings is 2. The summed E-state index contributed by atoms with van der Waals surface area (Å²) in [4.78, 5) is 12.2. The number of halogens is 2. The molecule has 2 nitrogen and oxygen atoms in total. The molecule has 0 saturated heterocycles. The predicted octanol–water partition coefficient (Wildman–Crippen LogP) is 4.74. The lowest BCUT2D eigenvalue weighted by molar-refractivity contribution is -0.117. The van der Waals surface area contributed by atoms with Gasteiger partial charge in [-0.05, 0) is 36.1 Å². The SMILES string of the molecule is O=C(Nc1ccc(Cl)cc1Cl)[C@H]1C[C@@H]1c1ccccc1. The summed E-state index contributed by atoms with van der Waals surface area (Å²) in [5, 5.41) is 3.89. The molecule has 1 aliphatic carbocycles. The van der Waals surface area contributed by atoms with Crippen molar-refractivity contribution < 1.29 is 4.79 Å². The second-order valence-corrected chi connectivity index (χ2v) is 5.82. The number of anilines is 1. The third kappa shape index (κ3) is 2.82. The molecule has 1 amide bonds. The second kappa shape index (κ2) is 5.47. The standard InChI is InChI=1S/C16H13Cl2NO/c17-11-6-7-15(14(18)8-11)19-16(20)13-9-12(13)10-4-2-1-3-5-10/h1-8,12-13H,9H2,(H,19,20)/t12-,13+/m1/s1. The van der Waals surface area contributed by atoms with Crippen LogP contribution in [-0.4, -0.2) is 5.91 Å². The van der Waals surface area contributed by atoms with Gasteiger partial charge < -0.3 is 5.32 Å². The van der Waals surface area contributed by atoms with E-state index in [1.165, 1.54) is 5.56 Å². The van der Waals surface area contributed by atoms with Crippen LogP contribution < -0.4 is 5.32 Å². The van der Waals surface area contributed by atoms with E-state index in [4.69, 9.17) is 23.2 Å². The molecule has 102 valence electrons. The van der Waals surface area contributed by atoms with E-state index in [0.29, 0.717) is 21.7 Å². The fourth-order valence-corrected chi connectivity index (χ4v) is 2.83. The first-order valence-electron chi connectivity index (χ1n) is 6.46. The number of hydrogen-bond donors (Lipinski definition) is 1. The lowest BCUT2D eigenvalue weighted by Gasteiger charge is -2.07. The smallest absolute Gasteiger partial charge is 0.228 e. The van der Waals surface area contributed by atoms with Crippen LogP contribution in [0.15, 0.2) is 48.5 Å². The van der Waals surface area contributed by atoms with Gasteiger partial charge in [0.25, 0.3) is 0 Å². The highest BCUT2D eigenvalue weighted by Gasteiger charge is 2.43. The molecule has 2 atom stereocenters. The van der Waals surface area contributed by atoms with Gasteiger partial charge in [0.1, 0.15) is 0 Å². The molecule has 0 aromatic heterocycles. The first-order chi connectivity index (χ1) is 9.65. The molecule has 0 radical (unpaired) electrons. The first-order valence-corrected chi connectivity index (χ1v) is 7.21. The van der Waals surface area contributed by atoms with Crippen LogP contribution in [0.4, 0.5) is 5.69 Å². The van der Waals surface area contributed by atoms with E-state index >= 15 is 0 Å². The highest BCUT2D eigenvalue weighted by atomic mass is 35.5. The van der Waals surface area contributed by atoms with Crippen LogP contribution in [-0.2, 0) is 4.79 Å². The molecule has 0 spiro atoms. The first kappa shape index (κ1) is 13.5. The average molecular weight is 306 g/mol. The van der Waals surface area contributed by atoms with Crippen LogP contribution in [0.5, 0.6) is 0 Å². The van der Waals surface area contributed by atoms with Gasteiger partial charge in [-0.15, -0.1) is 0 Å². The van der Waals surface area contributed by atoms with Gasteiger partial charge in [-0.1, -0.05) is 53.5 Å². The van der Waals surface area contributed by atoms with Crippen LogP contribution in [0.1, 0.15) is 17.9 Å². The molecular formula is C16H13Cl2NO. The molecule has 2 aromatic carbocycles. The van der Waals surface area contributed by atoms with E-state index in [2.05, 4.69) is 17.4 Å². The molecule has 1 N–H and O–H groups in total. The quantitative estimate of drug-likeness (QED) is 0.872. The number of carbonyl (C=O) groups is 1. The average Bonchev–Trinajstić information content (AvgIpc) is 3.23. The molecule has 20 heavy (non-hydrogen) atoms.